The first-order chi connectivity index (χ1) is 11.3. The molecular weight excluding hydrogens is 292 g/mol. The van der Waals surface area contributed by atoms with E-state index in [4.69, 9.17) is 4.74 Å². The zero-order valence-electron chi connectivity index (χ0n) is 13.8. The molecule has 0 radical (unpaired) electrons. The second-order valence-electron chi connectivity index (χ2n) is 6.09. The van der Waals surface area contributed by atoms with Crippen LogP contribution in [0.25, 0.3) is 0 Å². The van der Waals surface area contributed by atoms with Crippen LogP contribution in [0.1, 0.15) is 0 Å². The molecule has 2 aliphatic heterocycles. The number of amides is 1. The van der Waals surface area contributed by atoms with Crippen LogP contribution in [0.3, 0.4) is 0 Å². The highest BCUT2D eigenvalue weighted by molar-refractivity contribution is 5.78. The van der Waals surface area contributed by atoms with Crippen LogP contribution in [0.2, 0.25) is 0 Å². The minimum Gasteiger partial charge on any atom is -0.497 e. The molecule has 0 aliphatic carbocycles. The van der Waals surface area contributed by atoms with Crippen molar-refractivity contribution in [3.63, 3.8) is 0 Å². The van der Waals surface area contributed by atoms with Gasteiger partial charge in [-0.15, -0.1) is 0 Å². The first kappa shape index (κ1) is 16.1. The van der Waals surface area contributed by atoms with Crippen LogP contribution >= 0.6 is 0 Å². The Kier molecular flexibility index (Phi) is 5.35. The van der Waals surface area contributed by atoms with Crippen LogP contribution < -0.4 is 15.0 Å². The fourth-order valence-electron chi connectivity index (χ4n) is 3.16. The molecule has 2 aliphatic rings. The Hall–Kier alpha value is -1.79. The number of carbonyl (C=O) groups is 1. The van der Waals surface area contributed by atoms with Gasteiger partial charge in [-0.1, -0.05) is 0 Å². The molecule has 1 amide bonds. The number of nitrogens with one attached hydrogen (secondary N) is 1. The molecule has 1 aromatic rings. The maximum Gasteiger partial charge on any atom is 0.236 e. The minimum atomic E-state index is 0.268. The average molecular weight is 318 g/mol. The summed E-state index contributed by atoms with van der Waals surface area (Å²) >= 11 is 0. The molecule has 23 heavy (non-hydrogen) atoms. The Morgan fingerprint density at radius 3 is 2.30 bits per heavy atom. The van der Waals surface area contributed by atoms with Crippen molar-refractivity contribution in [1.82, 2.24) is 15.1 Å². The Balaban J connectivity index is 1.46. The van der Waals surface area contributed by atoms with Crippen molar-refractivity contribution < 1.29 is 9.53 Å². The molecule has 0 spiro atoms. The zero-order chi connectivity index (χ0) is 16.1. The first-order valence-electron chi connectivity index (χ1n) is 8.36. The standard InChI is InChI=1S/C17H26N4O2/c1-23-16-4-2-15(3-5-16)20-12-10-19(11-13-20)14-17(22)21-8-6-18-7-9-21/h2-5,18H,6-14H2,1H3. The normalized spacial score (nSPS) is 19.7. The van der Waals surface area contributed by atoms with Crippen LogP contribution in [-0.2, 0) is 4.79 Å². The molecular formula is C17H26N4O2. The minimum absolute atomic E-state index is 0.268. The van der Waals surface area contributed by atoms with Gasteiger partial charge in [0, 0.05) is 58.0 Å². The third kappa shape index (κ3) is 4.14. The van der Waals surface area contributed by atoms with E-state index in [1.807, 2.05) is 17.0 Å². The summed E-state index contributed by atoms with van der Waals surface area (Å²) in [6.45, 7) is 7.84. The molecule has 0 saturated carbocycles. The number of hydrogen-bond acceptors (Lipinski definition) is 5. The van der Waals surface area contributed by atoms with Gasteiger partial charge in [0.25, 0.3) is 0 Å². The molecule has 0 bridgehead atoms. The Labute approximate surface area is 138 Å². The van der Waals surface area contributed by atoms with Crippen LogP contribution in [-0.4, -0.2) is 81.7 Å². The summed E-state index contributed by atoms with van der Waals surface area (Å²) in [5.41, 5.74) is 1.22. The van der Waals surface area contributed by atoms with Gasteiger partial charge in [-0.2, -0.15) is 0 Å². The third-order valence-corrected chi connectivity index (χ3v) is 4.64. The van der Waals surface area contributed by atoms with E-state index >= 15 is 0 Å². The van der Waals surface area contributed by atoms with E-state index < -0.39 is 0 Å². The number of ether oxygens (including phenoxy) is 1. The largest absolute Gasteiger partial charge is 0.497 e. The molecule has 6 nitrogen and oxygen atoms in total. The Morgan fingerprint density at radius 2 is 1.70 bits per heavy atom. The van der Waals surface area contributed by atoms with Crippen molar-refractivity contribution in [2.45, 2.75) is 0 Å². The van der Waals surface area contributed by atoms with Crippen LogP contribution in [0.4, 0.5) is 5.69 Å². The van der Waals surface area contributed by atoms with Gasteiger partial charge in [0.05, 0.1) is 13.7 Å². The lowest BCUT2D eigenvalue weighted by molar-refractivity contribution is -0.133. The van der Waals surface area contributed by atoms with Crippen molar-refractivity contribution in [3.05, 3.63) is 24.3 Å². The van der Waals surface area contributed by atoms with Gasteiger partial charge >= 0.3 is 0 Å². The van der Waals surface area contributed by atoms with Gasteiger partial charge in [-0.3, -0.25) is 9.69 Å². The van der Waals surface area contributed by atoms with Gasteiger partial charge in [0.15, 0.2) is 0 Å². The maximum atomic E-state index is 12.3. The van der Waals surface area contributed by atoms with Crippen molar-refractivity contribution in [3.8, 4) is 5.75 Å². The number of methoxy groups -OCH3 is 1. The van der Waals surface area contributed by atoms with E-state index in [0.29, 0.717) is 6.54 Å². The second kappa shape index (κ2) is 7.66. The van der Waals surface area contributed by atoms with E-state index in [2.05, 4.69) is 27.2 Å². The van der Waals surface area contributed by atoms with E-state index in [9.17, 15) is 4.79 Å². The van der Waals surface area contributed by atoms with E-state index in [0.717, 1.165) is 58.1 Å². The summed E-state index contributed by atoms with van der Waals surface area (Å²) in [7, 11) is 1.68. The highest BCUT2D eigenvalue weighted by atomic mass is 16.5. The average Bonchev–Trinajstić information content (AvgIpc) is 2.63. The predicted octanol–water partition coefficient (Wildman–Crippen LogP) is 0.249. The molecule has 0 unspecified atom stereocenters. The van der Waals surface area contributed by atoms with Crippen LogP contribution in [0.15, 0.2) is 24.3 Å². The van der Waals surface area contributed by atoms with Crippen molar-refractivity contribution in [1.29, 1.82) is 0 Å². The van der Waals surface area contributed by atoms with E-state index in [1.165, 1.54) is 5.69 Å². The SMILES string of the molecule is COc1ccc(N2CCN(CC(=O)N3CCNCC3)CC2)cc1. The van der Waals surface area contributed by atoms with Gasteiger partial charge in [0.2, 0.25) is 5.91 Å². The molecule has 1 aromatic carbocycles. The second-order valence-corrected chi connectivity index (χ2v) is 6.09. The van der Waals surface area contributed by atoms with Crippen molar-refractivity contribution >= 4 is 11.6 Å². The maximum absolute atomic E-state index is 12.3. The molecule has 2 saturated heterocycles. The van der Waals surface area contributed by atoms with Gasteiger partial charge in [-0.25, -0.2) is 0 Å². The number of carbonyl (C=O) groups excluding carboxylic acids is 1. The molecule has 0 atom stereocenters. The molecule has 2 heterocycles. The lowest BCUT2D eigenvalue weighted by Crippen LogP contribution is -2.53. The number of anilines is 1. The van der Waals surface area contributed by atoms with Crippen LogP contribution in [0.5, 0.6) is 5.75 Å². The summed E-state index contributed by atoms with van der Waals surface area (Å²) in [4.78, 5) is 18.9. The van der Waals surface area contributed by atoms with E-state index in [1.54, 1.807) is 7.11 Å². The summed E-state index contributed by atoms with van der Waals surface area (Å²) in [5.74, 6) is 1.15. The molecule has 0 aromatic heterocycles. The monoisotopic (exact) mass is 318 g/mol. The Bertz CT molecular complexity index is 506. The van der Waals surface area contributed by atoms with Gasteiger partial charge < -0.3 is 19.9 Å². The lowest BCUT2D eigenvalue weighted by atomic mass is 10.2. The molecule has 1 N–H and O–H groups in total. The molecule has 3 rings (SSSR count). The highest BCUT2D eigenvalue weighted by Gasteiger charge is 2.22. The highest BCUT2D eigenvalue weighted by Crippen LogP contribution is 2.20. The first-order valence-corrected chi connectivity index (χ1v) is 8.36. The lowest BCUT2D eigenvalue weighted by Gasteiger charge is -2.37. The molecule has 6 heteroatoms. The van der Waals surface area contributed by atoms with E-state index in [-0.39, 0.29) is 5.91 Å². The van der Waals surface area contributed by atoms with Crippen LogP contribution in [0, 0.1) is 0 Å². The van der Waals surface area contributed by atoms with Gasteiger partial charge in [0.1, 0.15) is 5.75 Å². The number of hydrogen-bond donors (Lipinski definition) is 1. The van der Waals surface area contributed by atoms with Gasteiger partial charge in [-0.05, 0) is 24.3 Å². The summed E-state index contributed by atoms with van der Waals surface area (Å²) in [6.07, 6.45) is 0. The predicted molar refractivity (Wildman–Crippen MR) is 91.1 cm³/mol. The number of benzene rings is 1. The van der Waals surface area contributed by atoms with Crippen molar-refractivity contribution in [2.24, 2.45) is 0 Å². The number of rotatable bonds is 4. The quantitative estimate of drug-likeness (QED) is 0.862. The number of piperazine rings is 2. The summed E-state index contributed by atoms with van der Waals surface area (Å²) in [5, 5.41) is 3.28. The fraction of sp³-hybridized carbons (Fsp3) is 0.588. The smallest absolute Gasteiger partial charge is 0.236 e. The summed E-state index contributed by atoms with van der Waals surface area (Å²) in [6, 6.07) is 8.19. The topological polar surface area (TPSA) is 48.1 Å². The molecule has 2 fully saturated rings. The molecule has 126 valence electrons. The van der Waals surface area contributed by atoms with Crippen molar-refractivity contribution in [2.75, 3.05) is 70.9 Å². The Morgan fingerprint density at radius 1 is 1.04 bits per heavy atom. The zero-order valence-corrected chi connectivity index (χ0v) is 13.8. The fourth-order valence-corrected chi connectivity index (χ4v) is 3.16. The summed E-state index contributed by atoms with van der Waals surface area (Å²) < 4.78 is 5.20. The number of nitrogens with zero attached hydrogens (tertiary/aromatic N) is 3. The third-order valence-electron chi connectivity index (χ3n) is 4.64.